The van der Waals surface area contributed by atoms with Crippen LogP contribution in [0.1, 0.15) is 35.1 Å². The Balaban J connectivity index is -0.000000180. The summed E-state index contributed by atoms with van der Waals surface area (Å²) in [6, 6.07) is 0. The quantitative estimate of drug-likeness (QED) is 0.624. The highest BCUT2D eigenvalue weighted by Gasteiger charge is 1.88. The summed E-state index contributed by atoms with van der Waals surface area (Å²) in [4.78, 5) is 0. The monoisotopic (exact) mass is 133 g/mol. The molecular weight excluding hydrogens is 110 g/mol. The van der Waals surface area contributed by atoms with Gasteiger partial charge in [0.15, 0.2) is 0 Å². The van der Waals surface area contributed by atoms with Crippen LogP contribution < -0.4 is 5.32 Å². The van der Waals surface area contributed by atoms with Crippen LogP contribution in [-0.2, 0) is 0 Å². The standard InChI is InChI=1S/C6H15N.2CH4/c1-6(2)4-5-7-3;;/h6-7H,4-5H2,1-3H3;2*1H4. The summed E-state index contributed by atoms with van der Waals surface area (Å²) in [5.74, 6) is 0.840. The van der Waals surface area contributed by atoms with E-state index in [4.69, 9.17) is 0 Å². The SMILES string of the molecule is C.C.CNCCC(C)C. The van der Waals surface area contributed by atoms with Crippen LogP contribution in [-0.4, -0.2) is 13.6 Å². The van der Waals surface area contributed by atoms with Crippen molar-refractivity contribution in [2.24, 2.45) is 5.92 Å². The molecule has 0 aromatic carbocycles. The van der Waals surface area contributed by atoms with Gasteiger partial charge in [0.2, 0.25) is 0 Å². The molecule has 0 spiro atoms. The van der Waals surface area contributed by atoms with Gasteiger partial charge in [-0.1, -0.05) is 28.7 Å². The van der Waals surface area contributed by atoms with Crippen molar-refractivity contribution in [1.29, 1.82) is 0 Å². The van der Waals surface area contributed by atoms with Crippen molar-refractivity contribution >= 4 is 0 Å². The van der Waals surface area contributed by atoms with Gasteiger partial charge >= 0.3 is 0 Å². The molecule has 0 bridgehead atoms. The average molecular weight is 133 g/mol. The Morgan fingerprint density at radius 1 is 1.22 bits per heavy atom. The van der Waals surface area contributed by atoms with Crippen LogP contribution in [0, 0.1) is 5.92 Å². The van der Waals surface area contributed by atoms with Crippen LogP contribution >= 0.6 is 0 Å². The van der Waals surface area contributed by atoms with E-state index >= 15 is 0 Å². The molecule has 0 saturated carbocycles. The third-order valence-corrected chi connectivity index (χ3v) is 0.972. The number of hydrogen-bond acceptors (Lipinski definition) is 1. The predicted molar refractivity (Wildman–Crippen MR) is 46.8 cm³/mol. The maximum absolute atomic E-state index is 3.10. The minimum atomic E-state index is 0. The maximum Gasteiger partial charge on any atom is -0.00495 e. The first-order valence-electron chi connectivity index (χ1n) is 2.92. The zero-order valence-corrected chi connectivity index (χ0v) is 5.49. The van der Waals surface area contributed by atoms with E-state index < -0.39 is 0 Å². The maximum atomic E-state index is 3.10. The predicted octanol–water partition coefficient (Wildman–Crippen LogP) is 2.52. The minimum absolute atomic E-state index is 0. The first-order chi connectivity index (χ1) is 3.27. The number of hydrogen-bond donors (Lipinski definition) is 1. The molecule has 0 unspecified atom stereocenters. The highest BCUT2D eigenvalue weighted by molar-refractivity contribution is 4.45. The fraction of sp³-hybridized carbons (Fsp3) is 1.00. The van der Waals surface area contributed by atoms with E-state index in [-0.39, 0.29) is 14.9 Å². The Hall–Kier alpha value is -0.0400. The molecule has 0 aliphatic carbocycles. The highest BCUT2D eigenvalue weighted by atomic mass is 14.8. The fourth-order valence-corrected chi connectivity index (χ4v) is 0.433. The lowest BCUT2D eigenvalue weighted by Crippen LogP contribution is -2.09. The fourth-order valence-electron chi connectivity index (χ4n) is 0.433. The molecule has 0 aromatic heterocycles. The van der Waals surface area contributed by atoms with Crippen LogP contribution in [0.15, 0.2) is 0 Å². The van der Waals surface area contributed by atoms with Crippen molar-refractivity contribution < 1.29 is 0 Å². The topological polar surface area (TPSA) is 12.0 Å². The van der Waals surface area contributed by atoms with Gasteiger partial charge in [0.05, 0.1) is 0 Å². The summed E-state index contributed by atoms with van der Waals surface area (Å²) in [6.07, 6.45) is 1.29. The van der Waals surface area contributed by atoms with Gasteiger partial charge in [-0.2, -0.15) is 0 Å². The van der Waals surface area contributed by atoms with Gasteiger partial charge in [0, 0.05) is 0 Å². The Labute approximate surface area is 60.9 Å². The molecule has 1 N–H and O–H groups in total. The second kappa shape index (κ2) is 10.9. The second-order valence-electron chi connectivity index (χ2n) is 2.29. The van der Waals surface area contributed by atoms with Crippen LogP contribution in [0.25, 0.3) is 0 Å². The van der Waals surface area contributed by atoms with Crippen LogP contribution in [0.3, 0.4) is 0 Å². The molecule has 1 heteroatoms. The van der Waals surface area contributed by atoms with E-state index in [0.29, 0.717) is 0 Å². The smallest absolute Gasteiger partial charge is 0.00495 e. The van der Waals surface area contributed by atoms with Crippen molar-refractivity contribution in [3.05, 3.63) is 0 Å². The van der Waals surface area contributed by atoms with Crippen molar-refractivity contribution in [2.75, 3.05) is 13.6 Å². The third-order valence-electron chi connectivity index (χ3n) is 0.972. The lowest BCUT2D eigenvalue weighted by atomic mass is 10.1. The lowest BCUT2D eigenvalue weighted by molar-refractivity contribution is 0.562. The molecule has 0 rings (SSSR count). The Morgan fingerprint density at radius 3 is 1.78 bits per heavy atom. The first kappa shape index (κ1) is 16.0. The van der Waals surface area contributed by atoms with E-state index in [2.05, 4.69) is 19.2 Å². The van der Waals surface area contributed by atoms with E-state index in [9.17, 15) is 0 Å². The molecule has 60 valence electrons. The van der Waals surface area contributed by atoms with E-state index in [1.165, 1.54) is 6.42 Å². The van der Waals surface area contributed by atoms with E-state index in [1.807, 2.05) is 7.05 Å². The molecule has 0 atom stereocenters. The van der Waals surface area contributed by atoms with Gasteiger partial charge < -0.3 is 5.32 Å². The molecular formula is C8H23N. The molecule has 0 saturated heterocycles. The Kier molecular flexibility index (Phi) is 19.3. The zero-order chi connectivity index (χ0) is 5.70. The molecule has 0 amide bonds. The summed E-state index contributed by atoms with van der Waals surface area (Å²) in [5.41, 5.74) is 0. The van der Waals surface area contributed by atoms with Crippen molar-refractivity contribution in [1.82, 2.24) is 5.32 Å². The Morgan fingerprint density at radius 2 is 1.67 bits per heavy atom. The third kappa shape index (κ3) is 18.0. The first-order valence-corrected chi connectivity index (χ1v) is 2.92. The average Bonchev–Trinajstić information content (AvgIpc) is 1.61. The van der Waals surface area contributed by atoms with Crippen molar-refractivity contribution in [3.63, 3.8) is 0 Å². The summed E-state index contributed by atoms with van der Waals surface area (Å²) in [5, 5.41) is 3.10. The zero-order valence-electron chi connectivity index (χ0n) is 5.49. The summed E-state index contributed by atoms with van der Waals surface area (Å²) < 4.78 is 0. The molecule has 1 nitrogen and oxygen atoms in total. The lowest BCUT2D eigenvalue weighted by Gasteiger charge is -2.00. The van der Waals surface area contributed by atoms with Gasteiger partial charge in [-0.05, 0) is 25.9 Å². The molecule has 0 aromatic rings. The van der Waals surface area contributed by atoms with Crippen LogP contribution in [0.5, 0.6) is 0 Å². The van der Waals surface area contributed by atoms with E-state index in [1.54, 1.807) is 0 Å². The highest BCUT2D eigenvalue weighted by Crippen LogP contribution is 1.94. The molecule has 0 radical (unpaired) electrons. The number of nitrogens with one attached hydrogen (secondary N) is 1. The normalized spacial score (nSPS) is 8.00. The second-order valence-corrected chi connectivity index (χ2v) is 2.29. The molecule has 0 heterocycles. The van der Waals surface area contributed by atoms with Crippen LogP contribution in [0.4, 0.5) is 0 Å². The minimum Gasteiger partial charge on any atom is -0.320 e. The number of rotatable bonds is 3. The molecule has 0 aliphatic rings. The molecule has 0 aliphatic heterocycles. The summed E-state index contributed by atoms with van der Waals surface area (Å²) in [6.45, 7) is 5.62. The Bertz CT molecular complexity index is 33.5. The largest absolute Gasteiger partial charge is 0.320 e. The summed E-state index contributed by atoms with van der Waals surface area (Å²) in [7, 11) is 1.99. The van der Waals surface area contributed by atoms with E-state index in [0.717, 1.165) is 12.5 Å². The van der Waals surface area contributed by atoms with Gasteiger partial charge in [0.1, 0.15) is 0 Å². The van der Waals surface area contributed by atoms with Gasteiger partial charge in [-0.15, -0.1) is 0 Å². The molecule has 0 fully saturated rings. The van der Waals surface area contributed by atoms with Gasteiger partial charge in [-0.25, -0.2) is 0 Å². The molecule has 9 heavy (non-hydrogen) atoms. The van der Waals surface area contributed by atoms with Crippen LogP contribution in [0.2, 0.25) is 0 Å². The summed E-state index contributed by atoms with van der Waals surface area (Å²) >= 11 is 0. The van der Waals surface area contributed by atoms with Crippen molar-refractivity contribution in [2.45, 2.75) is 35.1 Å². The van der Waals surface area contributed by atoms with Gasteiger partial charge in [-0.3, -0.25) is 0 Å². The van der Waals surface area contributed by atoms with Crippen molar-refractivity contribution in [3.8, 4) is 0 Å². The van der Waals surface area contributed by atoms with Gasteiger partial charge in [0.25, 0.3) is 0 Å².